The molecule has 6 rings (SSSR count). The van der Waals surface area contributed by atoms with Gasteiger partial charge >= 0.3 is 6.18 Å². The predicted molar refractivity (Wildman–Crippen MR) is 133 cm³/mol. The largest absolute Gasteiger partial charge is 0.487 e. The molecule has 1 saturated carbocycles. The Labute approximate surface area is 221 Å². The van der Waals surface area contributed by atoms with Crippen LogP contribution < -0.4 is 19.9 Å². The van der Waals surface area contributed by atoms with Gasteiger partial charge in [0.1, 0.15) is 23.5 Å². The fourth-order valence-corrected chi connectivity index (χ4v) is 6.48. The van der Waals surface area contributed by atoms with Crippen LogP contribution in [0.25, 0.3) is 0 Å². The molecule has 1 aromatic heterocycles. The molecule has 2 unspecified atom stereocenters. The van der Waals surface area contributed by atoms with E-state index >= 15 is 0 Å². The van der Waals surface area contributed by atoms with Gasteiger partial charge in [-0.2, -0.15) is 18.4 Å². The Morgan fingerprint density at radius 1 is 1.18 bits per heavy atom. The summed E-state index contributed by atoms with van der Waals surface area (Å²) in [5, 5.41) is 12.4. The normalized spacial score (nSPS) is 28.0. The fraction of sp³-hybridized carbons (Fsp3) is 0.462. The lowest BCUT2D eigenvalue weighted by molar-refractivity contribution is -0.138. The molecule has 2 bridgehead atoms. The number of anilines is 2. The predicted octanol–water partition coefficient (Wildman–Crippen LogP) is 4.64. The van der Waals surface area contributed by atoms with Crippen LogP contribution in [0.2, 0.25) is 0 Å². The summed E-state index contributed by atoms with van der Waals surface area (Å²) in [6, 6.07) is 9.08. The van der Waals surface area contributed by atoms with Crippen LogP contribution in [0.3, 0.4) is 0 Å². The number of rotatable bonds is 4. The van der Waals surface area contributed by atoms with Crippen LogP contribution in [0, 0.1) is 11.3 Å². The van der Waals surface area contributed by atoms with Crippen molar-refractivity contribution < 1.29 is 27.1 Å². The molecule has 38 heavy (non-hydrogen) atoms. The average molecular weight is 546 g/mol. The number of hydrogen-bond donors (Lipinski definition) is 1. The van der Waals surface area contributed by atoms with Crippen molar-refractivity contribution >= 4 is 34.6 Å². The summed E-state index contributed by atoms with van der Waals surface area (Å²) in [5.41, 5.74) is -2.58. The number of amides is 1. The molecular formula is C26H23F4N5O2S. The van der Waals surface area contributed by atoms with Crippen molar-refractivity contribution in [3.05, 3.63) is 47.8 Å². The van der Waals surface area contributed by atoms with Crippen molar-refractivity contribution in [2.75, 3.05) is 9.80 Å². The third kappa shape index (κ3) is 3.82. The minimum Gasteiger partial charge on any atom is -0.487 e. The van der Waals surface area contributed by atoms with Crippen LogP contribution >= 0.6 is 12.2 Å². The zero-order chi connectivity index (χ0) is 26.8. The number of nitrogens with zero attached hydrogens (tertiary/aromatic N) is 4. The van der Waals surface area contributed by atoms with E-state index in [1.54, 1.807) is 29.2 Å². The van der Waals surface area contributed by atoms with Gasteiger partial charge in [-0.1, -0.05) is 0 Å². The van der Waals surface area contributed by atoms with E-state index in [1.165, 1.54) is 6.07 Å². The molecule has 1 spiro atoms. The molecule has 3 aliphatic heterocycles. The SMILES string of the molecule is N#Cc1ncc(N2C(=O)C3(CCC3)N(c3ccc(O[C@H]4CC5CCC(N5)[C@@H]4F)cc3)C2=S)cc1C(F)(F)F. The highest BCUT2D eigenvalue weighted by Crippen LogP contribution is 2.48. The number of thiocarbonyl (C=S) groups is 1. The Morgan fingerprint density at radius 3 is 2.55 bits per heavy atom. The molecule has 1 aromatic carbocycles. The number of fused-ring (bicyclic) bond motifs is 2. The monoisotopic (exact) mass is 545 g/mol. The zero-order valence-corrected chi connectivity index (χ0v) is 20.9. The first-order valence-corrected chi connectivity index (χ1v) is 12.9. The Hall–Kier alpha value is -3.30. The van der Waals surface area contributed by atoms with Gasteiger partial charge in [-0.05, 0) is 74.7 Å². The van der Waals surface area contributed by atoms with Crippen molar-refractivity contribution in [3.63, 3.8) is 0 Å². The summed E-state index contributed by atoms with van der Waals surface area (Å²) in [7, 11) is 0. The van der Waals surface area contributed by atoms with E-state index in [0.717, 1.165) is 36.4 Å². The van der Waals surface area contributed by atoms with Crippen molar-refractivity contribution in [1.82, 2.24) is 10.3 Å². The van der Waals surface area contributed by atoms with Gasteiger partial charge in [0.25, 0.3) is 5.91 Å². The summed E-state index contributed by atoms with van der Waals surface area (Å²) >= 11 is 5.63. The van der Waals surface area contributed by atoms with Gasteiger partial charge in [-0.3, -0.25) is 9.69 Å². The molecule has 4 heterocycles. The van der Waals surface area contributed by atoms with Gasteiger partial charge < -0.3 is 15.0 Å². The van der Waals surface area contributed by atoms with E-state index in [4.69, 9.17) is 22.2 Å². The number of hydrogen-bond acceptors (Lipinski definition) is 6. The van der Waals surface area contributed by atoms with Crippen LogP contribution in [0.1, 0.15) is 49.8 Å². The van der Waals surface area contributed by atoms with Gasteiger partial charge in [0, 0.05) is 24.2 Å². The Bertz CT molecular complexity index is 1340. The van der Waals surface area contributed by atoms with Crippen molar-refractivity contribution in [3.8, 4) is 11.8 Å². The molecule has 2 aromatic rings. The first kappa shape index (κ1) is 25.0. The quantitative estimate of drug-likeness (QED) is 0.443. The smallest absolute Gasteiger partial charge is 0.419 e. The van der Waals surface area contributed by atoms with Gasteiger partial charge in [-0.15, -0.1) is 0 Å². The maximum absolute atomic E-state index is 14.8. The first-order valence-electron chi connectivity index (χ1n) is 12.5. The van der Waals surface area contributed by atoms with E-state index in [2.05, 4.69) is 10.3 Å². The minimum atomic E-state index is -4.82. The van der Waals surface area contributed by atoms with Crippen molar-refractivity contribution in [2.24, 2.45) is 0 Å². The molecule has 7 nitrogen and oxygen atoms in total. The molecular weight excluding hydrogens is 522 g/mol. The highest BCUT2D eigenvalue weighted by atomic mass is 32.1. The van der Waals surface area contributed by atoms with E-state index in [1.807, 2.05) is 0 Å². The number of nitrogens with one attached hydrogen (secondary N) is 1. The number of benzene rings is 1. The second kappa shape index (κ2) is 8.88. The van der Waals surface area contributed by atoms with Gasteiger partial charge in [0.15, 0.2) is 17.0 Å². The van der Waals surface area contributed by atoms with Crippen LogP contribution in [-0.4, -0.2) is 45.9 Å². The Balaban J connectivity index is 1.28. The van der Waals surface area contributed by atoms with E-state index in [9.17, 15) is 22.4 Å². The topological polar surface area (TPSA) is 81.5 Å². The van der Waals surface area contributed by atoms with Gasteiger partial charge in [0.2, 0.25) is 0 Å². The van der Waals surface area contributed by atoms with Crippen LogP contribution in [0.15, 0.2) is 36.5 Å². The second-order valence-corrected chi connectivity index (χ2v) is 10.6. The highest BCUT2D eigenvalue weighted by molar-refractivity contribution is 7.81. The molecule has 198 valence electrons. The molecule has 1 amide bonds. The Morgan fingerprint density at radius 2 is 1.92 bits per heavy atom. The standard InChI is InChI=1S/C26H23F4N5O2S/c27-22-19-7-2-14(33-19)10-21(22)37-17-5-3-15(4-6-17)35-24(38)34(23(36)25(35)8-1-9-25)16-11-18(26(28,29)30)20(12-31)32-13-16/h3-6,11,13-14,19,21-22,33H,1-2,7-10H2/t14?,19?,21-,22-/m0/s1. The van der Waals surface area contributed by atoms with Crippen LogP contribution in [-0.2, 0) is 11.0 Å². The number of nitriles is 1. The third-order valence-electron chi connectivity index (χ3n) is 8.05. The number of halogens is 4. The number of alkyl halides is 4. The lowest BCUT2D eigenvalue weighted by atomic mass is 9.75. The van der Waals surface area contributed by atoms with Gasteiger partial charge in [0.05, 0.1) is 17.4 Å². The molecule has 1 aliphatic carbocycles. The number of ether oxygens (including phenoxy) is 1. The second-order valence-electron chi connectivity index (χ2n) is 10.2. The number of carbonyl (C=O) groups excluding carboxylic acids is 1. The summed E-state index contributed by atoms with van der Waals surface area (Å²) < 4.78 is 61.5. The van der Waals surface area contributed by atoms with Crippen molar-refractivity contribution in [2.45, 2.75) is 74.6 Å². The maximum Gasteiger partial charge on any atom is 0.419 e. The number of piperidine rings is 1. The van der Waals surface area contributed by atoms with Crippen molar-refractivity contribution in [1.29, 1.82) is 5.26 Å². The molecule has 4 fully saturated rings. The van der Waals surface area contributed by atoms with Crippen LogP contribution in [0.5, 0.6) is 5.75 Å². The number of carbonyl (C=O) groups is 1. The summed E-state index contributed by atoms with van der Waals surface area (Å²) in [6.45, 7) is 0. The van der Waals surface area contributed by atoms with Gasteiger partial charge in [-0.25, -0.2) is 9.37 Å². The van der Waals surface area contributed by atoms with E-state index in [-0.39, 0.29) is 22.9 Å². The fourth-order valence-electron chi connectivity index (χ4n) is 6.01. The molecule has 3 saturated heterocycles. The summed E-state index contributed by atoms with van der Waals surface area (Å²) in [5.74, 6) is 0.0592. The molecule has 12 heteroatoms. The molecule has 1 N–H and O–H groups in total. The average Bonchev–Trinajstić information content (AvgIpc) is 3.38. The lowest BCUT2D eigenvalue weighted by Crippen LogP contribution is -2.55. The van der Waals surface area contributed by atoms with Crippen LogP contribution in [0.4, 0.5) is 28.9 Å². The third-order valence-corrected chi connectivity index (χ3v) is 8.42. The molecule has 4 atom stereocenters. The highest BCUT2D eigenvalue weighted by Gasteiger charge is 2.59. The van der Waals surface area contributed by atoms with E-state index < -0.39 is 41.2 Å². The first-order chi connectivity index (χ1) is 18.1. The minimum absolute atomic E-state index is 0.0294. The lowest BCUT2D eigenvalue weighted by Gasteiger charge is -2.43. The zero-order valence-electron chi connectivity index (χ0n) is 20.0. The number of aromatic nitrogens is 1. The number of pyridine rings is 1. The molecule has 0 radical (unpaired) electrons. The molecule has 4 aliphatic rings. The maximum atomic E-state index is 14.8. The van der Waals surface area contributed by atoms with E-state index in [0.29, 0.717) is 30.7 Å². The summed E-state index contributed by atoms with van der Waals surface area (Å²) in [4.78, 5) is 20.0. The Kier molecular flexibility index (Phi) is 5.84. The summed E-state index contributed by atoms with van der Waals surface area (Å²) in [6.07, 6.45) is -1.38.